The molecule has 3 aromatic rings. The number of carbonyl (C=O) groups is 1. The van der Waals surface area contributed by atoms with Crippen molar-refractivity contribution in [3.8, 4) is 5.69 Å². The molecule has 1 saturated heterocycles. The van der Waals surface area contributed by atoms with E-state index in [0.29, 0.717) is 12.4 Å². The minimum atomic E-state index is -0.106. The van der Waals surface area contributed by atoms with Crippen molar-refractivity contribution in [1.82, 2.24) is 24.6 Å². The summed E-state index contributed by atoms with van der Waals surface area (Å²) in [5.74, 6) is 0.918. The average Bonchev–Trinajstić information content (AvgIpc) is 3.09. The standard InChI is InChI=1S/C20H22N6O/c1-15-12-19(26(24-15)17-7-3-2-4-8-17)23-20(27)25-11-5-6-16(13-25)18-9-10-21-14-22-18/h2-4,7-10,12,14,16H,5-6,11,13H2,1H3,(H,23,27). The number of benzene rings is 1. The van der Waals surface area contributed by atoms with Crippen LogP contribution in [0.2, 0.25) is 0 Å². The van der Waals surface area contributed by atoms with E-state index in [0.717, 1.165) is 36.5 Å². The molecule has 0 aliphatic carbocycles. The molecule has 1 aromatic carbocycles. The van der Waals surface area contributed by atoms with E-state index in [9.17, 15) is 4.79 Å². The predicted molar refractivity (Wildman–Crippen MR) is 103 cm³/mol. The number of piperidine rings is 1. The van der Waals surface area contributed by atoms with Gasteiger partial charge in [0, 0.05) is 37.0 Å². The van der Waals surface area contributed by atoms with Crippen LogP contribution in [-0.4, -0.2) is 43.8 Å². The number of para-hydroxylation sites is 1. The smallest absolute Gasteiger partial charge is 0.323 e. The second-order valence-corrected chi connectivity index (χ2v) is 6.77. The maximum Gasteiger partial charge on any atom is 0.323 e. The quantitative estimate of drug-likeness (QED) is 0.775. The molecule has 4 rings (SSSR count). The highest BCUT2D eigenvalue weighted by Crippen LogP contribution is 2.26. The van der Waals surface area contributed by atoms with Crippen molar-refractivity contribution in [2.45, 2.75) is 25.7 Å². The Kier molecular flexibility index (Phi) is 4.82. The van der Waals surface area contributed by atoms with Gasteiger partial charge in [0.1, 0.15) is 12.1 Å². The molecule has 7 nitrogen and oxygen atoms in total. The Morgan fingerprint density at radius 2 is 2.07 bits per heavy atom. The van der Waals surface area contributed by atoms with E-state index in [2.05, 4.69) is 20.4 Å². The largest absolute Gasteiger partial charge is 0.324 e. The summed E-state index contributed by atoms with van der Waals surface area (Å²) in [7, 11) is 0. The van der Waals surface area contributed by atoms with Gasteiger partial charge in [-0.1, -0.05) is 18.2 Å². The van der Waals surface area contributed by atoms with E-state index in [-0.39, 0.29) is 11.9 Å². The average molecular weight is 362 g/mol. The summed E-state index contributed by atoms with van der Waals surface area (Å²) in [5, 5.41) is 7.53. The van der Waals surface area contributed by atoms with Gasteiger partial charge in [0.25, 0.3) is 0 Å². The van der Waals surface area contributed by atoms with Crippen LogP contribution in [0.1, 0.15) is 30.1 Å². The predicted octanol–water partition coefficient (Wildman–Crippen LogP) is 3.38. The van der Waals surface area contributed by atoms with Crippen LogP contribution in [-0.2, 0) is 0 Å². The van der Waals surface area contributed by atoms with Crippen LogP contribution in [0.4, 0.5) is 10.6 Å². The lowest BCUT2D eigenvalue weighted by Gasteiger charge is -2.32. The Labute approximate surface area is 158 Å². The zero-order chi connectivity index (χ0) is 18.6. The molecular formula is C20H22N6O. The Balaban J connectivity index is 1.50. The molecule has 1 N–H and O–H groups in total. The molecule has 1 unspecified atom stereocenters. The summed E-state index contributed by atoms with van der Waals surface area (Å²) in [6.07, 6.45) is 5.30. The number of carbonyl (C=O) groups excluding carboxylic acids is 1. The van der Waals surface area contributed by atoms with Crippen molar-refractivity contribution in [2.75, 3.05) is 18.4 Å². The minimum Gasteiger partial charge on any atom is -0.324 e. The van der Waals surface area contributed by atoms with E-state index < -0.39 is 0 Å². The highest BCUT2D eigenvalue weighted by Gasteiger charge is 2.26. The number of anilines is 1. The van der Waals surface area contributed by atoms with Crippen LogP contribution >= 0.6 is 0 Å². The number of amides is 2. The summed E-state index contributed by atoms with van der Waals surface area (Å²) >= 11 is 0. The number of hydrogen-bond donors (Lipinski definition) is 1. The van der Waals surface area contributed by atoms with Crippen LogP contribution in [0.3, 0.4) is 0 Å². The van der Waals surface area contributed by atoms with Gasteiger partial charge >= 0.3 is 6.03 Å². The topological polar surface area (TPSA) is 75.9 Å². The fraction of sp³-hybridized carbons (Fsp3) is 0.300. The number of rotatable bonds is 3. The molecule has 1 aliphatic rings. The molecular weight excluding hydrogens is 340 g/mol. The molecule has 138 valence electrons. The molecule has 1 atom stereocenters. The number of urea groups is 1. The van der Waals surface area contributed by atoms with Crippen molar-refractivity contribution in [1.29, 1.82) is 0 Å². The van der Waals surface area contributed by atoms with Gasteiger partial charge in [-0.25, -0.2) is 19.4 Å². The maximum absolute atomic E-state index is 12.9. The van der Waals surface area contributed by atoms with Gasteiger partial charge in [-0.2, -0.15) is 5.10 Å². The van der Waals surface area contributed by atoms with Crippen molar-refractivity contribution in [2.24, 2.45) is 0 Å². The van der Waals surface area contributed by atoms with E-state index in [1.54, 1.807) is 17.2 Å². The van der Waals surface area contributed by atoms with Gasteiger partial charge in [0.15, 0.2) is 0 Å². The van der Waals surface area contributed by atoms with Crippen LogP contribution in [0.25, 0.3) is 5.69 Å². The van der Waals surface area contributed by atoms with Gasteiger partial charge in [-0.3, -0.25) is 5.32 Å². The first-order valence-corrected chi connectivity index (χ1v) is 9.14. The second kappa shape index (κ2) is 7.57. The number of likely N-dealkylation sites (tertiary alicyclic amines) is 1. The SMILES string of the molecule is Cc1cc(NC(=O)N2CCCC(c3ccncn3)C2)n(-c2ccccc2)n1. The third-order valence-electron chi connectivity index (χ3n) is 4.80. The van der Waals surface area contributed by atoms with Crippen molar-refractivity contribution < 1.29 is 4.79 Å². The van der Waals surface area contributed by atoms with Crippen LogP contribution in [0, 0.1) is 6.92 Å². The van der Waals surface area contributed by atoms with Crippen LogP contribution < -0.4 is 5.32 Å². The minimum absolute atomic E-state index is 0.106. The summed E-state index contributed by atoms with van der Waals surface area (Å²) in [6, 6.07) is 13.5. The number of hydrogen-bond acceptors (Lipinski definition) is 4. The number of nitrogens with zero attached hydrogens (tertiary/aromatic N) is 5. The molecule has 0 spiro atoms. The highest BCUT2D eigenvalue weighted by atomic mass is 16.2. The Morgan fingerprint density at radius 3 is 2.85 bits per heavy atom. The van der Waals surface area contributed by atoms with E-state index in [1.807, 2.05) is 54.3 Å². The van der Waals surface area contributed by atoms with E-state index in [1.165, 1.54) is 0 Å². The summed E-state index contributed by atoms with van der Waals surface area (Å²) in [6.45, 7) is 3.31. The lowest BCUT2D eigenvalue weighted by atomic mass is 9.95. The molecule has 2 amide bonds. The molecule has 1 fully saturated rings. The van der Waals surface area contributed by atoms with Gasteiger partial charge in [0.2, 0.25) is 0 Å². The Bertz CT molecular complexity index is 909. The Hall–Kier alpha value is -3.22. The van der Waals surface area contributed by atoms with Crippen molar-refractivity contribution >= 4 is 11.8 Å². The zero-order valence-corrected chi connectivity index (χ0v) is 15.2. The van der Waals surface area contributed by atoms with Crippen molar-refractivity contribution in [3.05, 3.63) is 66.4 Å². The fourth-order valence-corrected chi connectivity index (χ4v) is 3.49. The van der Waals surface area contributed by atoms with Crippen LogP contribution in [0.5, 0.6) is 0 Å². The molecule has 0 radical (unpaired) electrons. The maximum atomic E-state index is 12.9. The van der Waals surface area contributed by atoms with E-state index >= 15 is 0 Å². The molecule has 3 heterocycles. The number of aromatic nitrogens is 4. The fourth-order valence-electron chi connectivity index (χ4n) is 3.49. The highest BCUT2D eigenvalue weighted by molar-refractivity contribution is 5.89. The molecule has 1 aliphatic heterocycles. The zero-order valence-electron chi connectivity index (χ0n) is 15.2. The third kappa shape index (κ3) is 3.81. The number of aryl methyl sites for hydroxylation is 1. The first-order chi connectivity index (χ1) is 13.2. The first kappa shape index (κ1) is 17.2. The molecule has 7 heteroatoms. The van der Waals surface area contributed by atoms with Crippen LogP contribution in [0.15, 0.2) is 55.0 Å². The monoisotopic (exact) mass is 362 g/mol. The summed E-state index contributed by atoms with van der Waals surface area (Å²) in [5.41, 5.74) is 2.76. The lowest BCUT2D eigenvalue weighted by molar-refractivity contribution is 0.192. The molecule has 27 heavy (non-hydrogen) atoms. The lowest BCUT2D eigenvalue weighted by Crippen LogP contribution is -2.42. The van der Waals surface area contributed by atoms with E-state index in [4.69, 9.17) is 0 Å². The molecule has 0 bridgehead atoms. The van der Waals surface area contributed by atoms with Gasteiger partial charge in [-0.15, -0.1) is 0 Å². The van der Waals surface area contributed by atoms with Gasteiger partial charge < -0.3 is 4.90 Å². The van der Waals surface area contributed by atoms with Gasteiger partial charge in [-0.05, 0) is 38.0 Å². The second-order valence-electron chi connectivity index (χ2n) is 6.77. The summed E-state index contributed by atoms with van der Waals surface area (Å²) in [4.78, 5) is 23.1. The normalized spacial score (nSPS) is 16.9. The Morgan fingerprint density at radius 1 is 1.22 bits per heavy atom. The van der Waals surface area contributed by atoms with Crippen molar-refractivity contribution in [3.63, 3.8) is 0 Å². The summed E-state index contributed by atoms with van der Waals surface area (Å²) < 4.78 is 1.76. The third-order valence-corrected chi connectivity index (χ3v) is 4.80. The molecule has 2 aromatic heterocycles. The number of nitrogens with one attached hydrogen (secondary N) is 1. The molecule has 0 saturated carbocycles. The van der Waals surface area contributed by atoms with Gasteiger partial charge in [0.05, 0.1) is 11.4 Å². The first-order valence-electron chi connectivity index (χ1n) is 9.14.